The van der Waals surface area contributed by atoms with Crippen molar-refractivity contribution in [2.75, 3.05) is 19.8 Å². The van der Waals surface area contributed by atoms with Gasteiger partial charge < -0.3 is 10.1 Å². The van der Waals surface area contributed by atoms with E-state index in [-0.39, 0.29) is 0 Å². The fourth-order valence-corrected chi connectivity index (χ4v) is 4.77. The summed E-state index contributed by atoms with van der Waals surface area (Å²) in [4.78, 5) is 0. The smallest absolute Gasteiger partial charge is 0.250 e. The Hall–Kier alpha value is -0.470. The lowest BCUT2D eigenvalue weighted by Crippen LogP contribution is -2.32. The summed E-state index contributed by atoms with van der Waals surface area (Å²) >= 11 is 1.29. The van der Waals surface area contributed by atoms with Gasteiger partial charge in [-0.1, -0.05) is 0 Å². The Morgan fingerprint density at radius 3 is 2.90 bits per heavy atom. The molecule has 7 heteroatoms. The van der Waals surface area contributed by atoms with Gasteiger partial charge in [0, 0.05) is 25.7 Å². The fourth-order valence-electron chi connectivity index (χ4n) is 2.40. The van der Waals surface area contributed by atoms with E-state index in [2.05, 4.69) is 10.0 Å². The van der Waals surface area contributed by atoms with E-state index in [1.807, 2.05) is 5.38 Å². The van der Waals surface area contributed by atoms with Gasteiger partial charge in [0.05, 0.1) is 6.61 Å². The van der Waals surface area contributed by atoms with Crippen LogP contribution in [0.1, 0.15) is 31.2 Å². The Kier molecular flexibility index (Phi) is 4.96. The fraction of sp³-hybridized carbons (Fsp3) is 0.714. The molecule has 0 amide bonds. The second-order valence-corrected chi connectivity index (χ2v) is 8.77. The zero-order chi connectivity index (χ0) is 14.7. The molecule has 0 bridgehead atoms. The van der Waals surface area contributed by atoms with Crippen LogP contribution in [0.4, 0.5) is 0 Å². The molecule has 1 saturated carbocycles. The van der Waals surface area contributed by atoms with Gasteiger partial charge in [-0.2, -0.15) is 0 Å². The minimum atomic E-state index is -3.38. The van der Waals surface area contributed by atoms with E-state index >= 15 is 0 Å². The molecule has 2 heterocycles. The maximum absolute atomic E-state index is 12.3. The molecule has 1 aliphatic carbocycles. The van der Waals surface area contributed by atoms with Crippen LogP contribution in [0.3, 0.4) is 0 Å². The summed E-state index contributed by atoms with van der Waals surface area (Å²) in [5.74, 6) is 0.296. The Balaban J connectivity index is 1.53. The Labute approximate surface area is 130 Å². The zero-order valence-corrected chi connectivity index (χ0v) is 13.6. The molecule has 1 saturated heterocycles. The van der Waals surface area contributed by atoms with Crippen molar-refractivity contribution in [1.82, 2.24) is 10.0 Å². The van der Waals surface area contributed by atoms with Crippen molar-refractivity contribution in [3.8, 4) is 0 Å². The molecule has 2 fully saturated rings. The summed E-state index contributed by atoms with van der Waals surface area (Å²) < 4.78 is 33.1. The van der Waals surface area contributed by atoms with Crippen molar-refractivity contribution in [1.29, 1.82) is 0 Å². The van der Waals surface area contributed by atoms with E-state index in [1.54, 1.807) is 6.07 Å². The summed E-state index contributed by atoms with van der Waals surface area (Å²) in [5.41, 5.74) is 1.05. The van der Waals surface area contributed by atoms with Crippen molar-refractivity contribution >= 4 is 21.4 Å². The van der Waals surface area contributed by atoms with Crippen LogP contribution in [0.15, 0.2) is 15.7 Å². The van der Waals surface area contributed by atoms with Crippen LogP contribution in [0, 0.1) is 5.92 Å². The molecule has 3 rings (SSSR count). The topological polar surface area (TPSA) is 67.4 Å². The summed E-state index contributed by atoms with van der Waals surface area (Å²) in [5, 5.41) is 5.32. The highest BCUT2D eigenvalue weighted by atomic mass is 32.2. The Morgan fingerprint density at radius 2 is 2.19 bits per heavy atom. The molecule has 5 nitrogen and oxygen atoms in total. The van der Waals surface area contributed by atoms with Gasteiger partial charge >= 0.3 is 0 Å². The van der Waals surface area contributed by atoms with Crippen molar-refractivity contribution in [3.05, 3.63) is 17.0 Å². The molecular weight excluding hydrogens is 308 g/mol. The minimum absolute atomic E-state index is 0.296. The number of hydrogen-bond donors (Lipinski definition) is 2. The number of nitrogens with one attached hydrogen (secondary N) is 2. The van der Waals surface area contributed by atoms with Gasteiger partial charge in [-0.3, -0.25) is 0 Å². The van der Waals surface area contributed by atoms with Gasteiger partial charge in [-0.05, 0) is 48.6 Å². The highest BCUT2D eigenvalue weighted by molar-refractivity contribution is 7.91. The van der Waals surface area contributed by atoms with Crippen molar-refractivity contribution in [2.45, 2.75) is 42.5 Å². The third kappa shape index (κ3) is 4.50. The molecule has 1 unspecified atom stereocenters. The highest BCUT2D eigenvalue weighted by Crippen LogP contribution is 2.23. The minimum Gasteiger partial charge on any atom is -0.381 e. The van der Waals surface area contributed by atoms with Gasteiger partial charge in [0.25, 0.3) is 0 Å². The third-order valence-corrected chi connectivity index (χ3v) is 6.80. The quantitative estimate of drug-likeness (QED) is 0.799. The first-order chi connectivity index (χ1) is 10.1. The molecular formula is C14H22N2O3S2. The van der Waals surface area contributed by atoms with E-state index in [0.717, 1.165) is 31.6 Å². The number of sulfonamides is 1. The van der Waals surface area contributed by atoms with Gasteiger partial charge in [0.15, 0.2) is 0 Å². The molecule has 0 spiro atoms. The van der Waals surface area contributed by atoms with E-state index in [0.29, 0.717) is 29.3 Å². The predicted molar refractivity (Wildman–Crippen MR) is 82.9 cm³/mol. The second kappa shape index (κ2) is 6.75. The molecule has 0 radical (unpaired) electrons. The van der Waals surface area contributed by atoms with Crippen LogP contribution in [0.5, 0.6) is 0 Å². The monoisotopic (exact) mass is 330 g/mol. The van der Waals surface area contributed by atoms with Gasteiger partial charge in [-0.15, -0.1) is 11.3 Å². The lowest BCUT2D eigenvalue weighted by Gasteiger charge is -2.21. The van der Waals surface area contributed by atoms with Crippen LogP contribution in [0.25, 0.3) is 0 Å². The Morgan fingerprint density at radius 1 is 1.33 bits per heavy atom. The van der Waals surface area contributed by atoms with E-state index < -0.39 is 10.0 Å². The molecule has 1 aromatic heterocycles. The standard InChI is InChI=1S/C14H22N2O3S2/c17-21(18,16-8-11-2-1-5-19-9-11)14-6-12(10-20-14)7-15-13-3-4-13/h6,10-11,13,15-16H,1-5,7-9H2. The van der Waals surface area contributed by atoms with E-state index in [9.17, 15) is 8.42 Å². The summed E-state index contributed by atoms with van der Waals surface area (Å²) in [6, 6.07) is 2.41. The van der Waals surface area contributed by atoms with Crippen molar-refractivity contribution in [3.63, 3.8) is 0 Å². The number of rotatable bonds is 7. The molecule has 1 aliphatic heterocycles. The predicted octanol–water partition coefficient (Wildman–Crippen LogP) is 1.70. The summed E-state index contributed by atoms with van der Waals surface area (Å²) in [6.45, 7) is 2.68. The first-order valence-corrected chi connectivity index (χ1v) is 9.88. The normalized spacial score (nSPS) is 23.3. The lowest BCUT2D eigenvalue weighted by atomic mass is 10.0. The lowest BCUT2D eigenvalue weighted by molar-refractivity contribution is 0.0568. The average Bonchev–Trinajstić information content (AvgIpc) is 3.20. The number of hydrogen-bond acceptors (Lipinski definition) is 5. The maximum Gasteiger partial charge on any atom is 0.250 e. The molecule has 21 heavy (non-hydrogen) atoms. The molecule has 2 N–H and O–H groups in total. The van der Waals surface area contributed by atoms with Crippen LogP contribution in [-0.4, -0.2) is 34.2 Å². The summed E-state index contributed by atoms with van der Waals surface area (Å²) in [6.07, 6.45) is 4.52. The SMILES string of the molecule is O=S(=O)(NCC1CCCOC1)c1cc(CNC2CC2)cs1. The van der Waals surface area contributed by atoms with Crippen LogP contribution in [-0.2, 0) is 21.3 Å². The van der Waals surface area contributed by atoms with Crippen LogP contribution < -0.4 is 10.0 Å². The first-order valence-electron chi connectivity index (χ1n) is 7.52. The van der Waals surface area contributed by atoms with E-state index in [1.165, 1.54) is 24.2 Å². The second-order valence-electron chi connectivity index (χ2n) is 5.86. The number of thiophene rings is 1. The first kappa shape index (κ1) is 15.4. The summed E-state index contributed by atoms with van der Waals surface area (Å²) in [7, 11) is -3.38. The van der Waals surface area contributed by atoms with E-state index in [4.69, 9.17) is 4.74 Å². The largest absolute Gasteiger partial charge is 0.381 e. The molecule has 1 atom stereocenters. The van der Waals surface area contributed by atoms with Gasteiger partial charge in [0.1, 0.15) is 4.21 Å². The Bertz CT molecular complexity index is 561. The molecule has 1 aromatic rings. The average molecular weight is 330 g/mol. The van der Waals surface area contributed by atoms with Crippen molar-refractivity contribution < 1.29 is 13.2 Å². The number of ether oxygens (including phenoxy) is 1. The van der Waals surface area contributed by atoms with Gasteiger partial charge in [0.2, 0.25) is 10.0 Å². The maximum atomic E-state index is 12.3. The van der Waals surface area contributed by atoms with Crippen LogP contribution in [0.2, 0.25) is 0 Å². The van der Waals surface area contributed by atoms with Crippen LogP contribution >= 0.6 is 11.3 Å². The highest BCUT2D eigenvalue weighted by Gasteiger charge is 2.22. The molecule has 0 aromatic carbocycles. The van der Waals surface area contributed by atoms with Crippen molar-refractivity contribution in [2.24, 2.45) is 5.92 Å². The molecule has 2 aliphatic rings. The third-order valence-electron chi connectivity index (χ3n) is 3.88. The molecule has 118 valence electrons. The zero-order valence-electron chi connectivity index (χ0n) is 12.0. The van der Waals surface area contributed by atoms with Gasteiger partial charge in [-0.25, -0.2) is 13.1 Å².